The zero-order valence-electron chi connectivity index (χ0n) is 22.7. The molecule has 7 rings (SSSR count). The molecular formula is C31H27F4N5O2. The first-order chi connectivity index (χ1) is 20.2. The van der Waals surface area contributed by atoms with E-state index in [4.69, 9.17) is 11.2 Å². The number of aromatic hydroxyl groups is 1. The number of phenols is 1. The van der Waals surface area contributed by atoms with E-state index >= 15 is 4.39 Å². The van der Waals surface area contributed by atoms with Crippen LogP contribution in [0.2, 0.25) is 0 Å². The summed E-state index contributed by atoms with van der Waals surface area (Å²) in [4.78, 5) is 17.0. The van der Waals surface area contributed by atoms with Crippen molar-refractivity contribution in [1.29, 1.82) is 0 Å². The zero-order chi connectivity index (χ0) is 29.3. The van der Waals surface area contributed by atoms with E-state index < -0.39 is 35.6 Å². The van der Waals surface area contributed by atoms with Crippen LogP contribution in [0.15, 0.2) is 30.5 Å². The number of halogens is 4. The molecule has 3 fully saturated rings. The summed E-state index contributed by atoms with van der Waals surface area (Å²) in [7, 11) is 1.66. The minimum atomic E-state index is -1.05. The SMILES string of the molecule is C#Cc1c(F)ccc2cc(O)cc(-c3ncc4c(N(C)[C@H]5C[C@@H]5F)nc(OCC56CCCN5C[C@H](F)C6)nc4c3F)c12. The first kappa shape index (κ1) is 26.7. The number of terminal acetylenes is 1. The molecule has 4 atom stereocenters. The van der Waals surface area contributed by atoms with E-state index in [0.717, 1.165) is 19.4 Å². The van der Waals surface area contributed by atoms with Crippen molar-refractivity contribution in [1.82, 2.24) is 19.9 Å². The lowest BCUT2D eigenvalue weighted by atomic mass is 9.95. The molecular weight excluding hydrogens is 550 g/mol. The molecule has 4 heterocycles. The fourth-order valence-corrected chi connectivity index (χ4v) is 6.65. The second-order valence-electron chi connectivity index (χ2n) is 11.5. The van der Waals surface area contributed by atoms with Crippen LogP contribution in [0, 0.1) is 24.0 Å². The van der Waals surface area contributed by atoms with Crippen LogP contribution in [0.5, 0.6) is 11.8 Å². The first-order valence-electron chi connectivity index (χ1n) is 13.9. The highest BCUT2D eigenvalue weighted by Gasteiger charge is 2.49. The van der Waals surface area contributed by atoms with Gasteiger partial charge in [-0.2, -0.15) is 9.97 Å². The fourth-order valence-electron chi connectivity index (χ4n) is 6.65. The highest BCUT2D eigenvalue weighted by molar-refractivity contribution is 6.03. The van der Waals surface area contributed by atoms with Crippen molar-refractivity contribution in [2.75, 3.05) is 31.6 Å². The van der Waals surface area contributed by atoms with Crippen molar-refractivity contribution >= 4 is 27.5 Å². The van der Waals surface area contributed by atoms with E-state index in [9.17, 15) is 18.3 Å². The molecule has 42 heavy (non-hydrogen) atoms. The van der Waals surface area contributed by atoms with Crippen LogP contribution in [-0.4, -0.2) is 75.6 Å². The Hall–Kier alpha value is -4.17. The molecule has 1 saturated carbocycles. The number of nitrogens with zero attached hydrogens (tertiary/aromatic N) is 5. The monoisotopic (exact) mass is 577 g/mol. The van der Waals surface area contributed by atoms with Crippen LogP contribution in [0.25, 0.3) is 32.9 Å². The maximum Gasteiger partial charge on any atom is 0.319 e. The summed E-state index contributed by atoms with van der Waals surface area (Å²) in [5.74, 6) is 0.830. The fraction of sp³-hybridized carbons (Fsp3) is 0.387. The summed E-state index contributed by atoms with van der Waals surface area (Å²) >= 11 is 0. The van der Waals surface area contributed by atoms with Gasteiger partial charge in [0, 0.05) is 43.6 Å². The number of ether oxygens (including phenoxy) is 1. The van der Waals surface area contributed by atoms with E-state index in [2.05, 4.69) is 25.8 Å². The second kappa shape index (κ2) is 9.70. The topological polar surface area (TPSA) is 74.6 Å². The standard InChI is InChI=1S/C31H27F4N5O2/c1-3-19-22(33)6-5-16-9-18(41)10-20(25(16)19)27-26(35)28-21(13-36-27)29(39(2)24-11-23(24)34)38-30(37-28)42-15-31-7-4-8-40(31)14-17(32)12-31/h1,5-6,9-10,13,17,23-24,41H,4,7-8,11-12,14-15H2,2H3/t17-,23+,24+,31?/m1/s1. The van der Waals surface area contributed by atoms with Crippen LogP contribution in [0.4, 0.5) is 23.4 Å². The molecule has 2 aliphatic heterocycles. The molecule has 11 heteroatoms. The van der Waals surface area contributed by atoms with Gasteiger partial charge in [0.15, 0.2) is 5.82 Å². The zero-order valence-corrected chi connectivity index (χ0v) is 22.7. The minimum Gasteiger partial charge on any atom is -0.508 e. The number of anilines is 1. The largest absolute Gasteiger partial charge is 0.508 e. The number of pyridine rings is 1. The predicted molar refractivity (Wildman–Crippen MR) is 150 cm³/mol. The second-order valence-corrected chi connectivity index (χ2v) is 11.5. The Morgan fingerprint density at radius 1 is 1.24 bits per heavy atom. The number of hydrogen-bond donors (Lipinski definition) is 1. The number of aromatic nitrogens is 3. The first-order valence-corrected chi connectivity index (χ1v) is 13.9. The minimum absolute atomic E-state index is 0.0827. The van der Waals surface area contributed by atoms with Crippen LogP contribution in [0.3, 0.4) is 0 Å². The molecule has 3 aliphatic rings. The molecule has 2 aromatic carbocycles. The van der Waals surface area contributed by atoms with E-state index in [1.165, 1.54) is 30.5 Å². The lowest BCUT2D eigenvalue weighted by Gasteiger charge is -2.31. The Morgan fingerprint density at radius 3 is 2.81 bits per heavy atom. The van der Waals surface area contributed by atoms with Gasteiger partial charge in [-0.3, -0.25) is 9.88 Å². The van der Waals surface area contributed by atoms with Crippen LogP contribution in [0.1, 0.15) is 31.2 Å². The lowest BCUT2D eigenvalue weighted by Crippen LogP contribution is -2.43. The van der Waals surface area contributed by atoms with Crippen molar-refractivity contribution in [3.05, 3.63) is 47.7 Å². The number of rotatable bonds is 6. The molecule has 2 aromatic heterocycles. The van der Waals surface area contributed by atoms with Gasteiger partial charge in [0.1, 0.15) is 47.5 Å². The molecule has 0 amide bonds. The summed E-state index contributed by atoms with van der Waals surface area (Å²) < 4.78 is 65.6. The summed E-state index contributed by atoms with van der Waals surface area (Å²) in [6.07, 6.45) is 7.29. The van der Waals surface area contributed by atoms with E-state index in [1.54, 1.807) is 11.9 Å². The predicted octanol–water partition coefficient (Wildman–Crippen LogP) is 5.31. The van der Waals surface area contributed by atoms with Crippen LogP contribution >= 0.6 is 0 Å². The van der Waals surface area contributed by atoms with Gasteiger partial charge in [-0.25, -0.2) is 17.6 Å². The van der Waals surface area contributed by atoms with Crippen LogP contribution in [-0.2, 0) is 0 Å². The molecule has 0 bridgehead atoms. The third-order valence-electron chi connectivity index (χ3n) is 8.84. The van der Waals surface area contributed by atoms with Gasteiger partial charge in [-0.15, -0.1) is 6.42 Å². The molecule has 0 spiro atoms. The average molecular weight is 578 g/mol. The molecule has 0 radical (unpaired) electrons. The highest BCUT2D eigenvalue weighted by Crippen LogP contribution is 2.42. The Labute approximate surface area is 239 Å². The van der Waals surface area contributed by atoms with E-state index in [0.29, 0.717) is 24.8 Å². The van der Waals surface area contributed by atoms with Crippen molar-refractivity contribution in [3.63, 3.8) is 0 Å². The van der Waals surface area contributed by atoms with Crippen molar-refractivity contribution < 1.29 is 27.4 Å². The number of hydrogen-bond acceptors (Lipinski definition) is 7. The van der Waals surface area contributed by atoms with E-state index in [1.807, 2.05) is 0 Å². The summed E-state index contributed by atoms with van der Waals surface area (Å²) in [5.41, 5.74) is -0.854. The van der Waals surface area contributed by atoms with Gasteiger partial charge < -0.3 is 14.7 Å². The maximum atomic E-state index is 16.5. The van der Waals surface area contributed by atoms with Crippen LogP contribution < -0.4 is 9.64 Å². The maximum absolute atomic E-state index is 16.5. The molecule has 4 aromatic rings. The average Bonchev–Trinajstić information content (AvgIpc) is 3.45. The van der Waals surface area contributed by atoms with E-state index in [-0.39, 0.29) is 57.3 Å². The number of phenolic OH excluding ortho intramolecular Hbond substituents is 1. The normalized spacial score (nSPS) is 25.1. The smallest absolute Gasteiger partial charge is 0.319 e. The molecule has 1 aliphatic carbocycles. The molecule has 216 valence electrons. The molecule has 7 nitrogen and oxygen atoms in total. The lowest BCUT2D eigenvalue weighted by molar-refractivity contribution is 0.107. The van der Waals surface area contributed by atoms with Crippen molar-refractivity contribution in [2.45, 2.75) is 49.6 Å². The quantitative estimate of drug-likeness (QED) is 0.246. The Morgan fingerprint density at radius 2 is 2.05 bits per heavy atom. The number of benzene rings is 2. The Balaban J connectivity index is 1.38. The Bertz CT molecular complexity index is 1800. The third kappa shape index (κ3) is 4.19. The number of fused-ring (bicyclic) bond motifs is 3. The molecule has 1 unspecified atom stereocenters. The van der Waals surface area contributed by atoms with Crippen molar-refractivity contribution in [3.8, 4) is 35.4 Å². The van der Waals surface area contributed by atoms with Crippen molar-refractivity contribution in [2.24, 2.45) is 0 Å². The highest BCUT2D eigenvalue weighted by atomic mass is 19.1. The number of alkyl halides is 2. The molecule has 1 N–H and O–H groups in total. The third-order valence-corrected chi connectivity index (χ3v) is 8.84. The Kier molecular flexibility index (Phi) is 6.17. The van der Waals surface area contributed by atoms with Gasteiger partial charge in [0.2, 0.25) is 0 Å². The van der Waals surface area contributed by atoms with Gasteiger partial charge in [0.05, 0.1) is 22.5 Å². The van der Waals surface area contributed by atoms with Gasteiger partial charge in [-0.1, -0.05) is 12.0 Å². The molecule has 2 saturated heterocycles. The van der Waals surface area contributed by atoms with Gasteiger partial charge in [-0.05, 0) is 43.0 Å². The summed E-state index contributed by atoms with van der Waals surface area (Å²) in [5, 5.41) is 11.3. The van der Waals surface area contributed by atoms with Gasteiger partial charge >= 0.3 is 6.01 Å². The summed E-state index contributed by atoms with van der Waals surface area (Å²) in [6.45, 7) is 1.24. The van der Waals surface area contributed by atoms with Gasteiger partial charge in [0.25, 0.3) is 0 Å². The summed E-state index contributed by atoms with van der Waals surface area (Å²) in [6, 6.07) is 4.72.